The highest BCUT2D eigenvalue weighted by molar-refractivity contribution is 7.09. The number of anilines is 3. The number of amides is 3. The number of likely N-dealkylation sites (N-methyl/N-ethyl adjacent to an activating group) is 1. The van der Waals surface area contributed by atoms with E-state index >= 15 is 0 Å². The summed E-state index contributed by atoms with van der Waals surface area (Å²) in [5.41, 5.74) is 14.9. The van der Waals surface area contributed by atoms with Gasteiger partial charge in [0.25, 0.3) is 0 Å². The van der Waals surface area contributed by atoms with Gasteiger partial charge in [-0.1, -0.05) is 318 Å². The smallest absolute Gasteiger partial charge is 0.250 e. The van der Waals surface area contributed by atoms with Crippen LogP contribution in [-0.2, 0) is 26.5 Å². The third-order valence-electron chi connectivity index (χ3n) is 30.7. The Morgan fingerprint density at radius 3 is 0.993 bits per heavy atom. The van der Waals surface area contributed by atoms with E-state index in [-0.39, 0.29) is 47.4 Å². The molecule has 12 aromatic carbocycles. The molecule has 0 radical (unpaired) electrons. The van der Waals surface area contributed by atoms with Gasteiger partial charge in [-0.3, -0.25) is 34.0 Å². The zero-order valence-corrected chi connectivity index (χ0v) is 86.1. The van der Waals surface area contributed by atoms with Crippen LogP contribution in [0.2, 0.25) is 30.1 Å². The number of carbonyl (C=O) groups is 3. The lowest BCUT2D eigenvalue weighted by molar-refractivity contribution is -0.134. The van der Waals surface area contributed by atoms with Gasteiger partial charge in [0.15, 0.2) is 0 Å². The molecule has 16 nitrogen and oxygen atoms in total. The number of nitrogens with zero attached hydrogens (tertiary/aromatic N) is 10. The summed E-state index contributed by atoms with van der Waals surface area (Å²) >= 11 is 42.1. The van der Waals surface area contributed by atoms with Gasteiger partial charge in [0.2, 0.25) is 17.7 Å². The number of hydrogen-bond acceptors (Lipinski definition) is 14. The van der Waals surface area contributed by atoms with Gasteiger partial charge in [0.1, 0.15) is 16.6 Å². The maximum absolute atomic E-state index is 14.2. The summed E-state index contributed by atoms with van der Waals surface area (Å²) in [5, 5.41) is 16.8. The van der Waals surface area contributed by atoms with Gasteiger partial charge in [-0.25, -0.2) is 0 Å². The molecule has 21 rings (SSSR count). The van der Waals surface area contributed by atoms with Crippen LogP contribution in [0, 0.1) is 13.8 Å². The predicted molar refractivity (Wildman–Crippen MR) is 582 cm³/mol. The fourth-order valence-corrected chi connectivity index (χ4v) is 25.2. The predicted octanol–water partition coefficient (Wildman–Crippen LogP) is 24.5. The van der Waals surface area contributed by atoms with Gasteiger partial charge in [-0.2, -0.15) is 0 Å². The normalized spacial score (nSPS) is 18.2. The molecule has 3 amide bonds. The van der Waals surface area contributed by atoms with Crippen LogP contribution in [-0.4, -0.2) is 187 Å². The fraction of sp³-hybridized carbons (Fsp3) is 0.331. The minimum absolute atomic E-state index is 0.00374. The highest BCUT2D eigenvalue weighted by Crippen LogP contribution is 2.50. The molecule has 0 saturated carbocycles. The first-order valence-electron chi connectivity index (χ1n) is 50.0. The van der Waals surface area contributed by atoms with Crippen molar-refractivity contribution in [3.63, 3.8) is 0 Å². The molecule has 730 valence electrons. The van der Waals surface area contributed by atoms with Crippen molar-refractivity contribution in [1.29, 1.82) is 0 Å². The minimum atomic E-state index is -0.545. The molecular formula is C118H127Cl6N13O3S. The zero-order valence-electron chi connectivity index (χ0n) is 80.7. The van der Waals surface area contributed by atoms with Crippen LogP contribution < -0.4 is 30.7 Å². The molecule has 0 atom stereocenters. The molecule has 3 spiro atoms. The Hall–Kier alpha value is -10.4. The van der Waals surface area contributed by atoms with E-state index in [2.05, 4.69) is 255 Å². The van der Waals surface area contributed by atoms with Crippen molar-refractivity contribution in [2.45, 2.75) is 131 Å². The number of rotatable bonds is 25. The lowest BCUT2D eigenvalue weighted by atomic mass is 9.79. The Labute approximate surface area is 867 Å². The molecule has 9 heterocycles. The monoisotopic (exact) mass is 2020 g/mol. The van der Waals surface area contributed by atoms with Crippen molar-refractivity contribution < 1.29 is 14.4 Å². The van der Waals surface area contributed by atoms with Gasteiger partial charge in [0.05, 0.1) is 44.2 Å². The average molecular weight is 2020 g/mol. The van der Waals surface area contributed by atoms with Gasteiger partial charge in [-0.15, -0.1) is 11.3 Å². The SMILES string of the molecule is CNCCN1CN(c2ccccc2)C2(CCN(C(c3ccccc3Cl)c3ccccc3Cl)CC2)C1=O.Cc1ccccc1C(c1ccccc1C)N1CCC(NCc2cccs2)(c2ccccc2)CC1.O=C1N(CCN2CCCC2)CN(c2ccccc2)C12CCN(C(c1ccccc1Cl)c1ccccc1Cl)CC2.O=C1NCN(c2ccccc2)C12CCN(C(c1ccccc1Cl)c1ccccc1Cl)CC2. The van der Waals surface area contributed by atoms with Gasteiger partial charge in [0, 0.05) is 143 Å². The van der Waals surface area contributed by atoms with E-state index in [4.69, 9.17) is 69.6 Å². The number of benzene rings is 12. The molecule has 8 aliphatic heterocycles. The van der Waals surface area contributed by atoms with Crippen LogP contribution in [0.15, 0.2) is 333 Å². The molecule has 141 heavy (non-hydrogen) atoms. The Balaban J connectivity index is 0.000000125. The number of carbonyl (C=O) groups excluding carboxylic acids is 3. The summed E-state index contributed by atoms with van der Waals surface area (Å²) in [4.78, 5) is 66.0. The molecule has 8 aliphatic rings. The molecule has 0 aliphatic carbocycles. The minimum Gasteiger partial charge on any atom is -0.339 e. The second-order valence-electron chi connectivity index (χ2n) is 38.6. The molecule has 8 fully saturated rings. The van der Waals surface area contributed by atoms with Crippen LogP contribution in [0.5, 0.6) is 0 Å². The summed E-state index contributed by atoms with van der Waals surface area (Å²) in [6.07, 6.45) is 9.18. The maximum atomic E-state index is 14.2. The van der Waals surface area contributed by atoms with Gasteiger partial charge >= 0.3 is 0 Å². The third kappa shape index (κ3) is 22.0. The van der Waals surface area contributed by atoms with Gasteiger partial charge < -0.3 is 45.3 Å². The molecule has 1 aromatic heterocycles. The molecule has 8 saturated heterocycles. The van der Waals surface area contributed by atoms with Crippen molar-refractivity contribution in [3.8, 4) is 0 Å². The van der Waals surface area contributed by atoms with Crippen molar-refractivity contribution >= 4 is 116 Å². The number of likely N-dealkylation sites (tertiary alicyclic amines) is 5. The number of halogens is 6. The molecule has 0 unspecified atom stereocenters. The Morgan fingerprint density at radius 1 is 0.333 bits per heavy atom. The molecule has 13 aromatic rings. The highest BCUT2D eigenvalue weighted by atomic mass is 35.5. The van der Waals surface area contributed by atoms with Crippen LogP contribution in [0.3, 0.4) is 0 Å². The van der Waals surface area contributed by atoms with Crippen molar-refractivity contribution in [3.05, 3.63) is 429 Å². The summed E-state index contributed by atoms with van der Waals surface area (Å²) in [5.74, 6) is 0.624. The van der Waals surface area contributed by atoms with Crippen molar-refractivity contribution in [2.24, 2.45) is 0 Å². The van der Waals surface area contributed by atoms with Crippen LogP contribution in [0.25, 0.3) is 0 Å². The van der Waals surface area contributed by atoms with Gasteiger partial charge in [-0.05, 0) is 244 Å². The van der Waals surface area contributed by atoms with E-state index in [0.717, 1.165) is 224 Å². The molecular weight excluding hydrogens is 1890 g/mol. The summed E-state index contributed by atoms with van der Waals surface area (Å²) in [6.45, 7) is 19.4. The first kappa shape index (κ1) is 101. The number of nitrogens with one attached hydrogen (secondary N) is 3. The van der Waals surface area contributed by atoms with Crippen molar-refractivity contribution in [2.75, 3.05) is 133 Å². The summed E-state index contributed by atoms with van der Waals surface area (Å²) < 4.78 is 0. The first-order valence-corrected chi connectivity index (χ1v) is 53.1. The van der Waals surface area contributed by atoms with E-state index in [1.807, 2.05) is 175 Å². The largest absolute Gasteiger partial charge is 0.339 e. The molecule has 3 N–H and O–H groups in total. The molecule has 0 bridgehead atoms. The quantitative estimate of drug-likeness (QED) is 0.0504. The summed E-state index contributed by atoms with van der Waals surface area (Å²) in [7, 11) is 1.92. The van der Waals surface area contributed by atoms with E-state index in [1.165, 1.54) is 45.5 Å². The van der Waals surface area contributed by atoms with E-state index in [1.54, 1.807) is 0 Å². The number of para-hydroxylation sites is 3. The van der Waals surface area contributed by atoms with Crippen LogP contribution in [0.1, 0.15) is 154 Å². The Bertz CT molecular complexity index is 6130. The summed E-state index contributed by atoms with van der Waals surface area (Å²) in [6, 6.07) is 112. The lowest BCUT2D eigenvalue weighted by Gasteiger charge is -2.46. The second-order valence-corrected chi connectivity index (χ2v) is 42.1. The highest BCUT2D eigenvalue weighted by Gasteiger charge is 2.57. The fourth-order valence-electron chi connectivity index (χ4n) is 23.1. The van der Waals surface area contributed by atoms with Crippen molar-refractivity contribution in [1.82, 2.24) is 50.2 Å². The maximum Gasteiger partial charge on any atom is 0.250 e. The Morgan fingerprint density at radius 2 is 0.645 bits per heavy atom. The molecule has 23 heteroatoms. The third-order valence-corrected chi connectivity index (χ3v) is 33.7. The first-order chi connectivity index (χ1) is 68.9. The number of thiophene rings is 1. The van der Waals surface area contributed by atoms with E-state index in [0.29, 0.717) is 26.6 Å². The number of hydrogen-bond donors (Lipinski definition) is 3. The van der Waals surface area contributed by atoms with Crippen LogP contribution >= 0.6 is 80.9 Å². The van der Waals surface area contributed by atoms with E-state index < -0.39 is 16.6 Å². The zero-order chi connectivity index (χ0) is 97.5. The standard InChI is InChI=1S/C32H36Cl2N4O.C31H34N2S.C29H32Cl2N4O.C26H25Cl2N3O/c33-28-14-6-4-12-26(28)30(27-13-5-7-15-29(27)34)36-20-16-32(17-21-36)31(39)37(23-22-35-18-8-9-19-35)24-38(32)25-10-2-1-3-11-25;1-24-11-6-8-16-28(24)30(29-17-9-7-12-25(29)2)33-20-18-31(19-21-33,26-13-4-3-5-14-26)32-23-27-15-10-22-34-27;1-32-17-20-34-21-35(22-9-3-2-4-10-22)29(28(34)36)15-18-33(19-16-29)27(23-11-5-7-13-25(23)30)24-12-6-8-14-26(24)31;27-22-12-6-4-10-20(22)24(21-11-5-7-13-23(21)28)30-16-14-26(15-17-30)25(32)29-18-31(26)19-8-2-1-3-9-19/h1-7,10-15,30H,8-9,16-24H2;3-17,22,30,32H,18-21,23H2,1-2H3;2-14,27,32H,15-21H2,1H3;1-13,24H,14-18H2,(H,29,32). The van der Waals surface area contributed by atoms with Crippen LogP contribution in [0.4, 0.5) is 17.1 Å². The number of piperidine rings is 4. The van der Waals surface area contributed by atoms with E-state index in [9.17, 15) is 14.4 Å². The Kier molecular flexibility index (Phi) is 33.2. The second kappa shape index (κ2) is 46.5. The topological polar surface area (TPSA) is 120 Å². The number of aryl methyl sites for hydroxylation is 2. The average Bonchev–Trinajstić information content (AvgIpc) is 1.59. The lowest BCUT2D eigenvalue weighted by Crippen LogP contribution is -2.57.